The van der Waals surface area contributed by atoms with E-state index in [0.29, 0.717) is 5.41 Å². The van der Waals surface area contributed by atoms with Crippen LogP contribution < -0.4 is 0 Å². The van der Waals surface area contributed by atoms with Crippen LogP contribution in [0.2, 0.25) is 0 Å². The van der Waals surface area contributed by atoms with Crippen molar-refractivity contribution in [2.45, 2.75) is 12.8 Å². The zero-order valence-corrected chi connectivity index (χ0v) is 6.09. The Balaban J connectivity index is 1.84. The van der Waals surface area contributed by atoms with Crippen molar-refractivity contribution < 1.29 is 9.53 Å². The summed E-state index contributed by atoms with van der Waals surface area (Å²) < 4.78 is 4.56. The van der Waals surface area contributed by atoms with Crippen LogP contribution >= 0.6 is 0 Å². The predicted molar refractivity (Wildman–Crippen MR) is 35.6 cm³/mol. The van der Waals surface area contributed by atoms with Gasteiger partial charge in [0, 0.05) is 18.5 Å². The number of hydrogen-bond acceptors (Lipinski definition) is 2. The first-order valence-electron chi connectivity index (χ1n) is 3.59. The fourth-order valence-corrected chi connectivity index (χ4v) is 1.51. The average Bonchev–Trinajstić information content (AvgIpc) is 2.61. The first-order chi connectivity index (χ1) is 4.76. The lowest BCUT2D eigenvalue weighted by atomic mass is 9.98. The molecule has 1 amide bonds. The highest BCUT2D eigenvalue weighted by molar-refractivity contribution is 5.69. The predicted octanol–water partition coefficient (Wildman–Crippen LogP) is 0.849. The standard InChI is InChI=1S/C7H11NO2/c1-10-6(9)8-4-7(5-8)2-3-7/h2-5H2,1H3. The van der Waals surface area contributed by atoms with Gasteiger partial charge in [-0.1, -0.05) is 0 Å². The van der Waals surface area contributed by atoms with Crippen LogP contribution in [0.3, 0.4) is 0 Å². The fraction of sp³-hybridized carbons (Fsp3) is 0.857. The number of carbonyl (C=O) groups is 1. The molecule has 1 aliphatic carbocycles. The molecular weight excluding hydrogens is 130 g/mol. The second-order valence-electron chi connectivity index (χ2n) is 3.33. The maximum Gasteiger partial charge on any atom is 0.409 e. The third-order valence-electron chi connectivity index (χ3n) is 2.44. The van der Waals surface area contributed by atoms with Crippen LogP contribution in [-0.2, 0) is 4.74 Å². The molecule has 3 heteroatoms. The van der Waals surface area contributed by atoms with Crippen molar-refractivity contribution in [3.8, 4) is 0 Å². The van der Waals surface area contributed by atoms with Gasteiger partial charge in [-0.2, -0.15) is 0 Å². The maximum absolute atomic E-state index is 10.8. The number of likely N-dealkylation sites (tertiary alicyclic amines) is 1. The molecule has 1 saturated carbocycles. The minimum atomic E-state index is -0.169. The van der Waals surface area contributed by atoms with Gasteiger partial charge in [-0.05, 0) is 12.8 Å². The summed E-state index contributed by atoms with van der Waals surface area (Å²) in [7, 11) is 1.43. The second kappa shape index (κ2) is 1.65. The molecule has 1 aliphatic heterocycles. The minimum absolute atomic E-state index is 0.169. The molecule has 0 atom stereocenters. The zero-order chi connectivity index (χ0) is 7.19. The normalized spacial score (nSPS) is 25.9. The Morgan fingerprint density at radius 1 is 1.50 bits per heavy atom. The van der Waals surface area contributed by atoms with Gasteiger partial charge in [0.1, 0.15) is 0 Å². The molecule has 3 nitrogen and oxygen atoms in total. The highest BCUT2D eigenvalue weighted by Crippen LogP contribution is 2.52. The van der Waals surface area contributed by atoms with Crippen molar-refractivity contribution in [3.05, 3.63) is 0 Å². The average molecular weight is 141 g/mol. The van der Waals surface area contributed by atoms with Gasteiger partial charge in [0.15, 0.2) is 0 Å². The Labute approximate surface area is 60.0 Å². The van der Waals surface area contributed by atoms with E-state index in [0.717, 1.165) is 13.1 Å². The maximum atomic E-state index is 10.8. The first-order valence-corrected chi connectivity index (χ1v) is 3.59. The van der Waals surface area contributed by atoms with E-state index in [1.54, 1.807) is 4.90 Å². The smallest absolute Gasteiger partial charge is 0.409 e. The van der Waals surface area contributed by atoms with Gasteiger partial charge in [0.2, 0.25) is 0 Å². The third kappa shape index (κ3) is 0.696. The largest absolute Gasteiger partial charge is 0.453 e. The quantitative estimate of drug-likeness (QED) is 0.500. The summed E-state index contributed by atoms with van der Waals surface area (Å²) >= 11 is 0. The van der Waals surface area contributed by atoms with E-state index in [1.165, 1.54) is 20.0 Å². The molecule has 0 N–H and O–H groups in total. The zero-order valence-electron chi connectivity index (χ0n) is 6.09. The van der Waals surface area contributed by atoms with Crippen LogP contribution in [0.1, 0.15) is 12.8 Å². The molecule has 0 unspecified atom stereocenters. The Hall–Kier alpha value is -0.730. The van der Waals surface area contributed by atoms with E-state index in [1.807, 2.05) is 0 Å². The lowest BCUT2D eigenvalue weighted by Gasteiger charge is -2.38. The Bertz CT molecular complexity index is 166. The SMILES string of the molecule is COC(=O)N1CC2(CC2)C1. The summed E-state index contributed by atoms with van der Waals surface area (Å²) in [6.45, 7) is 1.86. The van der Waals surface area contributed by atoms with Crippen molar-refractivity contribution in [2.24, 2.45) is 5.41 Å². The van der Waals surface area contributed by atoms with E-state index in [-0.39, 0.29) is 6.09 Å². The van der Waals surface area contributed by atoms with E-state index < -0.39 is 0 Å². The minimum Gasteiger partial charge on any atom is -0.453 e. The number of rotatable bonds is 0. The van der Waals surface area contributed by atoms with Gasteiger partial charge in [0.25, 0.3) is 0 Å². The van der Waals surface area contributed by atoms with Gasteiger partial charge < -0.3 is 9.64 Å². The molecule has 56 valence electrons. The van der Waals surface area contributed by atoms with Crippen LogP contribution in [0, 0.1) is 5.41 Å². The van der Waals surface area contributed by atoms with Crippen LogP contribution in [0.25, 0.3) is 0 Å². The summed E-state index contributed by atoms with van der Waals surface area (Å²) in [5.41, 5.74) is 0.550. The van der Waals surface area contributed by atoms with Crippen molar-refractivity contribution in [1.82, 2.24) is 4.90 Å². The van der Waals surface area contributed by atoms with E-state index in [9.17, 15) is 4.79 Å². The molecule has 2 fully saturated rings. The second-order valence-corrected chi connectivity index (χ2v) is 3.33. The highest BCUT2D eigenvalue weighted by Gasteiger charge is 2.54. The van der Waals surface area contributed by atoms with E-state index in [2.05, 4.69) is 4.74 Å². The molecule has 0 aromatic carbocycles. The van der Waals surface area contributed by atoms with E-state index in [4.69, 9.17) is 0 Å². The molecule has 0 aromatic heterocycles. The number of amides is 1. The lowest BCUT2D eigenvalue weighted by Crippen LogP contribution is -2.51. The molecule has 0 aromatic rings. The summed E-state index contributed by atoms with van der Waals surface area (Å²) in [6.07, 6.45) is 2.44. The molecular formula is C7H11NO2. The van der Waals surface area contributed by atoms with Crippen LogP contribution in [0.4, 0.5) is 4.79 Å². The molecule has 2 aliphatic rings. The highest BCUT2D eigenvalue weighted by atomic mass is 16.5. The van der Waals surface area contributed by atoms with Crippen molar-refractivity contribution in [2.75, 3.05) is 20.2 Å². The monoisotopic (exact) mass is 141 g/mol. The van der Waals surface area contributed by atoms with Crippen molar-refractivity contribution in [3.63, 3.8) is 0 Å². The molecule has 0 radical (unpaired) electrons. The topological polar surface area (TPSA) is 29.5 Å². The summed E-state index contributed by atoms with van der Waals surface area (Å²) in [5.74, 6) is 0. The number of carbonyl (C=O) groups excluding carboxylic acids is 1. The number of ether oxygens (including phenoxy) is 1. The molecule has 1 spiro atoms. The third-order valence-corrected chi connectivity index (χ3v) is 2.44. The van der Waals surface area contributed by atoms with Crippen LogP contribution in [0.5, 0.6) is 0 Å². The van der Waals surface area contributed by atoms with Crippen LogP contribution in [0.15, 0.2) is 0 Å². The molecule has 2 rings (SSSR count). The fourth-order valence-electron chi connectivity index (χ4n) is 1.51. The molecule has 0 bridgehead atoms. The summed E-state index contributed by atoms with van der Waals surface area (Å²) in [6, 6.07) is 0. The number of hydrogen-bond donors (Lipinski definition) is 0. The Kier molecular flexibility index (Phi) is 0.993. The summed E-state index contributed by atoms with van der Waals surface area (Å²) in [4.78, 5) is 12.6. The molecule has 1 heterocycles. The Morgan fingerprint density at radius 2 is 2.10 bits per heavy atom. The van der Waals surface area contributed by atoms with Gasteiger partial charge in [-0.3, -0.25) is 0 Å². The van der Waals surface area contributed by atoms with Gasteiger partial charge in [0.05, 0.1) is 7.11 Å². The van der Waals surface area contributed by atoms with E-state index >= 15 is 0 Å². The van der Waals surface area contributed by atoms with Crippen LogP contribution in [-0.4, -0.2) is 31.2 Å². The molecule has 10 heavy (non-hydrogen) atoms. The van der Waals surface area contributed by atoms with Gasteiger partial charge in [-0.15, -0.1) is 0 Å². The van der Waals surface area contributed by atoms with Crippen molar-refractivity contribution >= 4 is 6.09 Å². The van der Waals surface area contributed by atoms with Gasteiger partial charge in [-0.25, -0.2) is 4.79 Å². The number of methoxy groups -OCH3 is 1. The summed E-state index contributed by atoms with van der Waals surface area (Å²) in [5, 5.41) is 0. The van der Waals surface area contributed by atoms with Gasteiger partial charge >= 0.3 is 6.09 Å². The Morgan fingerprint density at radius 3 is 2.50 bits per heavy atom. The number of nitrogens with zero attached hydrogens (tertiary/aromatic N) is 1. The van der Waals surface area contributed by atoms with Crippen molar-refractivity contribution in [1.29, 1.82) is 0 Å². The first kappa shape index (κ1) is 6.01. The lowest BCUT2D eigenvalue weighted by molar-refractivity contribution is 0.0576. The molecule has 1 saturated heterocycles.